The fraction of sp³-hybridized carbons (Fsp3) is 0.588. The summed E-state index contributed by atoms with van der Waals surface area (Å²) in [6.45, 7) is 0.206. The van der Waals surface area contributed by atoms with Crippen LogP contribution in [0.2, 0.25) is 0 Å². The van der Waals surface area contributed by atoms with Gasteiger partial charge in [-0.15, -0.1) is 0 Å². The first-order chi connectivity index (χ1) is 12.4. The Hall–Kier alpha value is -1.48. The van der Waals surface area contributed by atoms with E-state index in [1.807, 2.05) is 0 Å². The smallest absolute Gasteiger partial charge is 0.358 e. The van der Waals surface area contributed by atoms with E-state index in [4.69, 9.17) is 0 Å². The summed E-state index contributed by atoms with van der Waals surface area (Å²) in [5, 5.41) is 2.94. The molecule has 4 rings (SSSR count). The summed E-state index contributed by atoms with van der Waals surface area (Å²) in [7, 11) is 1.67. The molecule has 142 valence electrons. The van der Waals surface area contributed by atoms with Crippen LogP contribution in [0.5, 0.6) is 0 Å². The molecule has 0 spiro atoms. The molecule has 0 aromatic heterocycles. The summed E-state index contributed by atoms with van der Waals surface area (Å²) in [4.78, 5) is 6.39. The van der Waals surface area contributed by atoms with Gasteiger partial charge in [-0.3, -0.25) is 0 Å². The zero-order chi connectivity index (χ0) is 18.5. The Labute approximate surface area is 153 Å². The summed E-state index contributed by atoms with van der Waals surface area (Å²) in [6.07, 6.45) is -1.83. The highest BCUT2D eigenvalue weighted by molar-refractivity contribution is 7.98. The Morgan fingerprint density at radius 1 is 1.27 bits per heavy atom. The van der Waals surface area contributed by atoms with Crippen molar-refractivity contribution in [3.63, 3.8) is 0 Å². The van der Waals surface area contributed by atoms with Gasteiger partial charge in [0, 0.05) is 18.5 Å². The van der Waals surface area contributed by atoms with Crippen molar-refractivity contribution < 1.29 is 17.6 Å². The van der Waals surface area contributed by atoms with Crippen molar-refractivity contribution in [2.24, 2.45) is 10.9 Å². The first-order valence-corrected chi connectivity index (χ1v) is 9.54. The molecule has 9 heteroatoms. The van der Waals surface area contributed by atoms with E-state index in [2.05, 4.69) is 15.0 Å². The van der Waals surface area contributed by atoms with Gasteiger partial charge >= 0.3 is 6.18 Å². The lowest BCUT2D eigenvalue weighted by Crippen LogP contribution is -2.54. The van der Waals surface area contributed by atoms with E-state index < -0.39 is 18.0 Å². The zero-order valence-corrected chi connectivity index (χ0v) is 15.1. The minimum atomic E-state index is -4.39. The number of fused-ring (bicyclic) bond motifs is 1. The number of nitrogens with one attached hydrogen (secondary N) is 2. The van der Waals surface area contributed by atoms with Crippen LogP contribution in [-0.2, 0) is 0 Å². The lowest BCUT2D eigenvalue weighted by atomic mass is 9.95. The predicted molar refractivity (Wildman–Crippen MR) is 94.5 cm³/mol. The number of benzene rings is 1. The van der Waals surface area contributed by atoms with E-state index in [0.717, 1.165) is 18.7 Å². The molecule has 2 fully saturated rings. The molecule has 4 nitrogen and oxygen atoms in total. The number of hydrogen-bond acceptors (Lipinski definition) is 5. The summed E-state index contributed by atoms with van der Waals surface area (Å²) < 4.78 is 58.4. The quantitative estimate of drug-likeness (QED) is 0.607. The van der Waals surface area contributed by atoms with Gasteiger partial charge in [-0.1, -0.05) is 0 Å². The maximum Gasteiger partial charge on any atom is 0.408 e. The lowest BCUT2D eigenvalue weighted by Gasteiger charge is -2.42. The molecule has 2 aliphatic heterocycles. The molecular weight excluding hydrogens is 368 g/mol. The second kappa shape index (κ2) is 6.60. The van der Waals surface area contributed by atoms with Crippen LogP contribution in [0.4, 0.5) is 28.9 Å². The first kappa shape index (κ1) is 17.9. The van der Waals surface area contributed by atoms with E-state index >= 15 is 0 Å². The highest BCUT2D eigenvalue weighted by Gasteiger charge is 2.47. The van der Waals surface area contributed by atoms with Crippen molar-refractivity contribution in [2.75, 3.05) is 18.5 Å². The highest BCUT2D eigenvalue weighted by Crippen LogP contribution is 2.46. The van der Waals surface area contributed by atoms with Crippen LogP contribution in [0.1, 0.15) is 25.7 Å². The molecular formula is C17H20F4N4S. The van der Waals surface area contributed by atoms with Crippen molar-refractivity contribution in [3.8, 4) is 0 Å². The Morgan fingerprint density at radius 3 is 2.69 bits per heavy atom. The van der Waals surface area contributed by atoms with Gasteiger partial charge < -0.3 is 14.9 Å². The average molecular weight is 388 g/mol. The fourth-order valence-corrected chi connectivity index (χ4v) is 4.42. The number of anilines is 1. The molecule has 26 heavy (non-hydrogen) atoms. The molecule has 2 heterocycles. The third-order valence-corrected chi connectivity index (χ3v) is 6.02. The van der Waals surface area contributed by atoms with Crippen LogP contribution >= 0.6 is 11.9 Å². The largest absolute Gasteiger partial charge is 0.408 e. The summed E-state index contributed by atoms with van der Waals surface area (Å²) in [5.74, 6) is 0.570. The van der Waals surface area contributed by atoms with Crippen LogP contribution < -0.4 is 14.9 Å². The van der Waals surface area contributed by atoms with Crippen molar-refractivity contribution in [1.29, 1.82) is 0 Å². The topological polar surface area (TPSA) is 39.7 Å². The third-order valence-electron chi connectivity index (χ3n) is 5.18. The number of hydrogen-bond donors (Lipinski definition) is 2. The van der Waals surface area contributed by atoms with Crippen LogP contribution in [0.15, 0.2) is 22.0 Å². The second-order valence-corrected chi connectivity index (χ2v) is 7.86. The number of alkyl halides is 3. The molecule has 0 radical (unpaired) electrons. The Balaban J connectivity index is 1.76. The van der Waals surface area contributed by atoms with Crippen molar-refractivity contribution in [1.82, 2.24) is 10.0 Å². The van der Waals surface area contributed by atoms with E-state index in [9.17, 15) is 17.6 Å². The summed E-state index contributed by atoms with van der Waals surface area (Å²) in [6, 6.07) is 0.659. The Morgan fingerprint density at radius 2 is 2.04 bits per heavy atom. The lowest BCUT2D eigenvalue weighted by molar-refractivity contribution is -0.154. The summed E-state index contributed by atoms with van der Waals surface area (Å²) in [5.41, 5.74) is 0.693. The molecule has 1 aliphatic carbocycles. The van der Waals surface area contributed by atoms with E-state index in [1.165, 1.54) is 29.0 Å². The average Bonchev–Trinajstić information content (AvgIpc) is 3.44. The SMILES string of the molecule is CNC1CCN(c2cc(F)cc3c2N=C(C2CC2)NS3)C(C(F)(F)F)C1. The van der Waals surface area contributed by atoms with E-state index in [1.54, 1.807) is 7.05 Å². The van der Waals surface area contributed by atoms with Gasteiger partial charge in [0.2, 0.25) is 0 Å². The molecule has 1 saturated carbocycles. The molecule has 2 N–H and O–H groups in total. The van der Waals surface area contributed by atoms with Crippen LogP contribution in [0.25, 0.3) is 0 Å². The number of nitrogens with zero attached hydrogens (tertiary/aromatic N) is 2. The molecule has 3 aliphatic rings. The number of halogens is 4. The number of amidine groups is 1. The monoisotopic (exact) mass is 388 g/mol. The Kier molecular flexibility index (Phi) is 4.54. The van der Waals surface area contributed by atoms with Crippen molar-refractivity contribution >= 4 is 29.2 Å². The number of piperidine rings is 1. The van der Waals surface area contributed by atoms with Gasteiger partial charge in [-0.2, -0.15) is 13.2 Å². The molecule has 2 atom stereocenters. The van der Waals surface area contributed by atoms with Gasteiger partial charge in [0.1, 0.15) is 23.4 Å². The van der Waals surface area contributed by atoms with E-state index in [-0.39, 0.29) is 24.7 Å². The van der Waals surface area contributed by atoms with Crippen LogP contribution in [0, 0.1) is 11.7 Å². The molecule has 1 aromatic carbocycles. The van der Waals surface area contributed by atoms with Crippen LogP contribution in [0.3, 0.4) is 0 Å². The van der Waals surface area contributed by atoms with E-state index in [0.29, 0.717) is 22.9 Å². The molecule has 0 bridgehead atoms. The highest BCUT2D eigenvalue weighted by atomic mass is 32.2. The molecule has 1 aromatic rings. The zero-order valence-electron chi connectivity index (χ0n) is 14.2. The third kappa shape index (κ3) is 3.38. The van der Waals surface area contributed by atoms with Gasteiger partial charge in [0.05, 0.1) is 10.6 Å². The number of aliphatic imine (C=N–C) groups is 1. The normalized spacial score (nSPS) is 26.2. The standard InChI is InChI=1S/C17H20F4N4S/c1-22-11-4-5-25(14(8-11)17(19,20)21)12-6-10(18)7-13-15(12)23-16(24-26-13)9-2-3-9/h6-7,9,11,14,22H,2-5,8H2,1H3,(H,23,24). The minimum absolute atomic E-state index is 0.0596. The van der Waals surface area contributed by atoms with Gasteiger partial charge in [-0.25, -0.2) is 9.38 Å². The molecule has 1 saturated heterocycles. The van der Waals surface area contributed by atoms with Crippen molar-refractivity contribution in [3.05, 3.63) is 17.9 Å². The molecule has 0 amide bonds. The first-order valence-electron chi connectivity index (χ1n) is 8.72. The van der Waals surface area contributed by atoms with Crippen molar-refractivity contribution in [2.45, 2.75) is 48.8 Å². The van der Waals surface area contributed by atoms with Gasteiger partial charge in [0.25, 0.3) is 0 Å². The maximum atomic E-state index is 14.1. The predicted octanol–water partition coefficient (Wildman–Crippen LogP) is 4.00. The Bertz CT molecular complexity index is 732. The summed E-state index contributed by atoms with van der Waals surface area (Å²) >= 11 is 1.23. The van der Waals surface area contributed by atoms with Gasteiger partial charge in [0.15, 0.2) is 0 Å². The second-order valence-electron chi connectivity index (χ2n) is 7.01. The number of rotatable bonds is 3. The fourth-order valence-electron chi connectivity index (χ4n) is 3.58. The van der Waals surface area contributed by atoms with Crippen LogP contribution in [-0.4, -0.2) is 37.7 Å². The van der Waals surface area contributed by atoms with Gasteiger partial charge in [-0.05, 0) is 56.8 Å². The minimum Gasteiger partial charge on any atom is -0.358 e. The maximum absolute atomic E-state index is 14.1. The molecule has 2 unspecified atom stereocenters.